The summed E-state index contributed by atoms with van der Waals surface area (Å²) in [6, 6.07) is 9.15. The number of nitrogens with one attached hydrogen (secondary N) is 2. The molecule has 6 heteroatoms. The van der Waals surface area contributed by atoms with E-state index >= 15 is 0 Å². The van der Waals surface area contributed by atoms with E-state index in [0.717, 1.165) is 25.1 Å². The molecule has 2 aromatic rings. The Kier molecular flexibility index (Phi) is 6.52. The second-order valence-corrected chi connectivity index (χ2v) is 7.77. The monoisotopic (exact) mass is 383 g/mol. The number of likely N-dealkylation sites (tertiary alicyclic amines) is 1. The van der Waals surface area contributed by atoms with Gasteiger partial charge in [-0.3, -0.25) is 9.59 Å². The Bertz CT molecular complexity index is 814. The first-order chi connectivity index (χ1) is 13.4. The zero-order chi connectivity index (χ0) is 20.1. The molecule has 1 atom stereocenters. The number of hydrogen-bond donors (Lipinski definition) is 2. The van der Waals surface area contributed by atoms with Crippen LogP contribution in [0.2, 0.25) is 0 Å². The Balaban J connectivity index is 1.60. The highest BCUT2D eigenvalue weighted by molar-refractivity contribution is 6.03. The second-order valence-electron chi connectivity index (χ2n) is 7.77. The number of carbonyl (C=O) groups excluding carboxylic acids is 2. The maximum absolute atomic E-state index is 12.6. The minimum atomic E-state index is -0.332. The van der Waals surface area contributed by atoms with Crippen LogP contribution in [0.15, 0.2) is 41.0 Å². The van der Waals surface area contributed by atoms with E-state index in [-0.39, 0.29) is 17.6 Å². The molecule has 1 aliphatic rings. The van der Waals surface area contributed by atoms with Crippen LogP contribution < -0.4 is 10.6 Å². The second kappa shape index (κ2) is 9.06. The Labute approximate surface area is 166 Å². The van der Waals surface area contributed by atoms with Gasteiger partial charge < -0.3 is 20.0 Å². The summed E-state index contributed by atoms with van der Waals surface area (Å²) in [7, 11) is 0. The molecule has 0 saturated carbocycles. The summed E-state index contributed by atoms with van der Waals surface area (Å²) in [5.74, 6) is 0.266. The minimum Gasteiger partial charge on any atom is -0.459 e. The zero-order valence-corrected chi connectivity index (χ0v) is 16.8. The third kappa shape index (κ3) is 5.01. The van der Waals surface area contributed by atoms with Crippen molar-refractivity contribution >= 4 is 17.5 Å². The van der Waals surface area contributed by atoms with Crippen LogP contribution >= 0.6 is 0 Å². The fraction of sp³-hybridized carbons (Fsp3) is 0.455. The molecule has 1 aromatic heterocycles. The molecule has 1 saturated heterocycles. The quantitative estimate of drug-likeness (QED) is 0.798. The van der Waals surface area contributed by atoms with Gasteiger partial charge in [-0.15, -0.1) is 0 Å². The first-order valence-electron chi connectivity index (χ1n) is 9.92. The molecule has 6 nitrogen and oxygen atoms in total. The van der Waals surface area contributed by atoms with Crippen molar-refractivity contribution in [2.45, 2.75) is 39.7 Å². The third-order valence-electron chi connectivity index (χ3n) is 5.32. The first kappa shape index (κ1) is 20.1. The molecule has 1 aromatic carbocycles. The van der Waals surface area contributed by atoms with Gasteiger partial charge in [0.2, 0.25) is 0 Å². The summed E-state index contributed by atoms with van der Waals surface area (Å²) in [5.41, 5.74) is 2.03. The van der Waals surface area contributed by atoms with Gasteiger partial charge in [-0.2, -0.15) is 0 Å². The number of amides is 2. The van der Waals surface area contributed by atoms with E-state index in [2.05, 4.69) is 29.4 Å². The van der Waals surface area contributed by atoms with Crippen LogP contribution in [-0.2, 0) is 0 Å². The number of piperidine rings is 1. The average molecular weight is 383 g/mol. The highest BCUT2D eigenvalue weighted by Gasteiger charge is 2.22. The van der Waals surface area contributed by atoms with E-state index in [4.69, 9.17) is 4.42 Å². The van der Waals surface area contributed by atoms with Crippen LogP contribution in [0.25, 0.3) is 0 Å². The van der Waals surface area contributed by atoms with Gasteiger partial charge in [-0.1, -0.05) is 6.07 Å². The van der Waals surface area contributed by atoms with Gasteiger partial charge in [0, 0.05) is 30.4 Å². The van der Waals surface area contributed by atoms with E-state index in [1.165, 1.54) is 12.7 Å². The molecular formula is C22H29N3O3. The van der Waals surface area contributed by atoms with Crippen molar-refractivity contribution in [1.29, 1.82) is 0 Å². The number of benzene rings is 1. The largest absolute Gasteiger partial charge is 0.459 e. The molecule has 1 aliphatic heterocycles. The summed E-state index contributed by atoms with van der Waals surface area (Å²) in [5, 5.41) is 5.87. The molecule has 0 aliphatic carbocycles. The van der Waals surface area contributed by atoms with Crippen molar-refractivity contribution in [3.63, 3.8) is 0 Å². The Morgan fingerprint density at radius 3 is 2.79 bits per heavy atom. The predicted molar refractivity (Wildman–Crippen MR) is 110 cm³/mol. The van der Waals surface area contributed by atoms with Crippen LogP contribution in [0.3, 0.4) is 0 Å². The van der Waals surface area contributed by atoms with Crippen molar-refractivity contribution in [3.8, 4) is 0 Å². The zero-order valence-electron chi connectivity index (χ0n) is 16.8. The number of furan rings is 1. The lowest BCUT2D eigenvalue weighted by Gasteiger charge is -2.35. The lowest BCUT2D eigenvalue weighted by Crippen LogP contribution is -2.43. The molecule has 0 radical (unpaired) electrons. The topological polar surface area (TPSA) is 74.6 Å². The smallest absolute Gasteiger partial charge is 0.291 e. The third-order valence-corrected chi connectivity index (χ3v) is 5.32. The Morgan fingerprint density at radius 1 is 1.25 bits per heavy atom. The normalized spacial score (nSPS) is 17.5. The molecule has 1 unspecified atom stereocenters. The van der Waals surface area contributed by atoms with Gasteiger partial charge in [-0.05, 0) is 75.9 Å². The molecule has 3 rings (SSSR count). The lowest BCUT2D eigenvalue weighted by molar-refractivity contribution is 0.0921. The standard InChI is InChI=1S/C22H29N3O3/c1-15(2)25-10-4-6-17(14-25)13-23-21(26)18-9-8-16(3)19(12-18)24-22(27)20-7-5-11-28-20/h5,7-9,11-12,15,17H,4,6,10,13-14H2,1-3H3,(H,23,26)(H,24,27). The maximum Gasteiger partial charge on any atom is 0.291 e. The van der Waals surface area contributed by atoms with Crippen LogP contribution in [-0.4, -0.2) is 42.4 Å². The fourth-order valence-corrected chi connectivity index (χ4v) is 3.56. The van der Waals surface area contributed by atoms with Crippen LogP contribution in [0.5, 0.6) is 0 Å². The van der Waals surface area contributed by atoms with Gasteiger partial charge in [-0.25, -0.2) is 0 Å². The van der Waals surface area contributed by atoms with Crippen molar-refractivity contribution in [2.24, 2.45) is 5.92 Å². The molecule has 2 N–H and O–H groups in total. The summed E-state index contributed by atoms with van der Waals surface area (Å²) in [6.07, 6.45) is 3.77. The van der Waals surface area contributed by atoms with E-state index < -0.39 is 0 Å². The van der Waals surface area contributed by atoms with E-state index in [9.17, 15) is 9.59 Å². The highest BCUT2D eigenvalue weighted by Crippen LogP contribution is 2.20. The molecule has 2 heterocycles. The SMILES string of the molecule is Cc1ccc(C(=O)NCC2CCCN(C(C)C)C2)cc1NC(=O)c1ccco1. The van der Waals surface area contributed by atoms with Crippen LogP contribution in [0.4, 0.5) is 5.69 Å². The van der Waals surface area contributed by atoms with Crippen molar-refractivity contribution in [2.75, 3.05) is 25.0 Å². The molecule has 0 spiro atoms. The summed E-state index contributed by atoms with van der Waals surface area (Å²) in [6.45, 7) is 9.15. The minimum absolute atomic E-state index is 0.116. The molecule has 1 fully saturated rings. The molecule has 0 bridgehead atoms. The number of aryl methyl sites for hydroxylation is 1. The number of rotatable bonds is 6. The first-order valence-corrected chi connectivity index (χ1v) is 9.92. The molecule has 2 amide bonds. The fourth-order valence-electron chi connectivity index (χ4n) is 3.56. The molecule has 150 valence electrons. The van der Waals surface area contributed by atoms with Gasteiger partial charge >= 0.3 is 0 Å². The van der Waals surface area contributed by atoms with Crippen LogP contribution in [0.1, 0.15) is 53.2 Å². The average Bonchev–Trinajstić information content (AvgIpc) is 3.23. The van der Waals surface area contributed by atoms with Crippen LogP contribution in [0, 0.1) is 12.8 Å². The van der Waals surface area contributed by atoms with Crippen molar-refractivity contribution in [1.82, 2.24) is 10.2 Å². The van der Waals surface area contributed by atoms with Gasteiger partial charge in [0.15, 0.2) is 5.76 Å². The number of hydrogen-bond acceptors (Lipinski definition) is 4. The number of nitrogens with zero attached hydrogens (tertiary/aromatic N) is 1. The molecule has 28 heavy (non-hydrogen) atoms. The lowest BCUT2D eigenvalue weighted by atomic mass is 9.97. The Morgan fingerprint density at radius 2 is 2.07 bits per heavy atom. The Hall–Kier alpha value is -2.60. The number of carbonyl (C=O) groups is 2. The van der Waals surface area contributed by atoms with Gasteiger partial charge in [0.05, 0.1) is 6.26 Å². The predicted octanol–water partition coefficient (Wildman–Crippen LogP) is 3.69. The van der Waals surface area contributed by atoms with Gasteiger partial charge in [0.25, 0.3) is 11.8 Å². The van der Waals surface area contributed by atoms with Gasteiger partial charge in [0.1, 0.15) is 0 Å². The van der Waals surface area contributed by atoms with E-state index in [1.807, 2.05) is 13.0 Å². The van der Waals surface area contributed by atoms with Crippen molar-refractivity contribution < 1.29 is 14.0 Å². The van der Waals surface area contributed by atoms with E-state index in [0.29, 0.717) is 29.8 Å². The van der Waals surface area contributed by atoms with E-state index in [1.54, 1.807) is 24.3 Å². The summed E-state index contributed by atoms with van der Waals surface area (Å²) in [4.78, 5) is 27.3. The maximum atomic E-state index is 12.6. The number of anilines is 1. The summed E-state index contributed by atoms with van der Waals surface area (Å²) < 4.78 is 5.12. The highest BCUT2D eigenvalue weighted by atomic mass is 16.3. The summed E-state index contributed by atoms with van der Waals surface area (Å²) >= 11 is 0. The van der Waals surface area contributed by atoms with Crippen molar-refractivity contribution in [3.05, 3.63) is 53.5 Å². The molecular weight excluding hydrogens is 354 g/mol.